The fraction of sp³-hybridized carbons (Fsp3) is 0.154. The summed E-state index contributed by atoms with van der Waals surface area (Å²) in [6.07, 6.45) is 3.30. The quantitative estimate of drug-likeness (QED) is 0.387. The lowest BCUT2D eigenvalue weighted by Gasteiger charge is -2.09. The molecule has 4 aromatic rings. The zero-order valence-corrected chi connectivity index (χ0v) is 16.3. The molecule has 144 valence electrons. The number of fused-ring (bicyclic) bond motifs is 1. The van der Waals surface area contributed by atoms with Gasteiger partial charge in [0.1, 0.15) is 18.6 Å². The van der Waals surface area contributed by atoms with Crippen LogP contribution in [0.15, 0.2) is 84.9 Å². The normalized spacial score (nSPS) is 10.8. The summed E-state index contributed by atoms with van der Waals surface area (Å²) >= 11 is 0. The molecule has 1 heterocycles. The Labute approximate surface area is 171 Å². The highest BCUT2D eigenvalue weighted by atomic mass is 16.5. The van der Waals surface area contributed by atoms with E-state index in [2.05, 4.69) is 35.3 Å². The van der Waals surface area contributed by atoms with Crippen LogP contribution in [0.5, 0.6) is 5.75 Å². The van der Waals surface area contributed by atoms with Gasteiger partial charge in [-0.05, 0) is 53.8 Å². The minimum atomic E-state index is 0.448. The van der Waals surface area contributed by atoms with Crippen LogP contribution < -0.4 is 4.74 Å². The number of carbonyl (C=O) groups is 1. The van der Waals surface area contributed by atoms with E-state index in [0.717, 1.165) is 47.0 Å². The second-order valence-electron chi connectivity index (χ2n) is 7.07. The Kier molecular flexibility index (Phi) is 5.96. The van der Waals surface area contributed by atoms with Crippen molar-refractivity contribution in [2.45, 2.75) is 25.9 Å². The zero-order valence-electron chi connectivity index (χ0n) is 16.3. The lowest BCUT2D eigenvalue weighted by atomic mass is 9.98. The monoisotopic (exact) mass is 381 g/mol. The number of aldehydes is 1. The number of hydrogen-bond donors (Lipinski definition) is 0. The minimum Gasteiger partial charge on any atom is -0.487 e. The molecule has 0 aliphatic carbocycles. The molecule has 0 saturated heterocycles. The molecule has 0 spiro atoms. The van der Waals surface area contributed by atoms with Gasteiger partial charge in [0, 0.05) is 11.8 Å². The molecule has 0 N–H and O–H groups in total. The molecular weight excluding hydrogens is 358 g/mol. The third kappa shape index (κ3) is 4.88. The molecule has 0 fully saturated rings. The van der Waals surface area contributed by atoms with Crippen LogP contribution in [0.4, 0.5) is 0 Å². The number of nitrogens with zero attached hydrogens (tertiary/aromatic N) is 1. The zero-order chi connectivity index (χ0) is 19.9. The average molecular weight is 381 g/mol. The molecule has 0 saturated carbocycles. The number of aryl methyl sites for hydroxylation is 2. The second kappa shape index (κ2) is 9.16. The van der Waals surface area contributed by atoms with Crippen molar-refractivity contribution in [2.24, 2.45) is 0 Å². The maximum Gasteiger partial charge on any atom is 0.130 e. The summed E-state index contributed by atoms with van der Waals surface area (Å²) in [7, 11) is 0. The molecule has 29 heavy (non-hydrogen) atoms. The molecule has 0 unspecified atom stereocenters. The largest absolute Gasteiger partial charge is 0.487 e. The third-order valence-corrected chi connectivity index (χ3v) is 5.07. The summed E-state index contributed by atoms with van der Waals surface area (Å²) in [5.41, 5.74) is 5.51. The van der Waals surface area contributed by atoms with Crippen LogP contribution in [0.1, 0.15) is 22.4 Å². The van der Waals surface area contributed by atoms with E-state index in [4.69, 9.17) is 4.74 Å². The van der Waals surface area contributed by atoms with E-state index in [0.29, 0.717) is 13.0 Å². The van der Waals surface area contributed by atoms with Gasteiger partial charge in [-0.1, -0.05) is 60.7 Å². The summed E-state index contributed by atoms with van der Waals surface area (Å²) in [6.45, 7) is 0.448. The Balaban J connectivity index is 1.34. The van der Waals surface area contributed by atoms with Gasteiger partial charge in [0.15, 0.2) is 0 Å². The van der Waals surface area contributed by atoms with Crippen LogP contribution >= 0.6 is 0 Å². The molecule has 0 aliphatic rings. The number of benzene rings is 3. The molecule has 0 amide bonds. The van der Waals surface area contributed by atoms with Crippen molar-refractivity contribution < 1.29 is 9.53 Å². The number of hydrogen-bond acceptors (Lipinski definition) is 3. The highest BCUT2D eigenvalue weighted by Crippen LogP contribution is 2.18. The maximum atomic E-state index is 10.8. The predicted octanol–water partition coefficient (Wildman–Crippen LogP) is 5.34. The van der Waals surface area contributed by atoms with Crippen molar-refractivity contribution in [3.05, 3.63) is 107 Å². The average Bonchev–Trinajstić information content (AvgIpc) is 2.78. The van der Waals surface area contributed by atoms with Crippen molar-refractivity contribution in [2.75, 3.05) is 0 Å². The summed E-state index contributed by atoms with van der Waals surface area (Å²) in [6, 6.07) is 28.5. The first-order valence-electron chi connectivity index (χ1n) is 9.88. The number of aromatic nitrogens is 1. The van der Waals surface area contributed by atoms with Gasteiger partial charge in [-0.15, -0.1) is 0 Å². The smallest absolute Gasteiger partial charge is 0.130 e. The van der Waals surface area contributed by atoms with E-state index in [1.807, 2.05) is 54.6 Å². The molecule has 4 rings (SSSR count). The van der Waals surface area contributed by atoms with Gasteiger partial charge in [-0.3, -0.25) is 0 Å². The van der Waals surface area contributed by atoms with Crippen LogP contribution in [0.3, 0.4) is 0 Å². The van der Waals surface area contributed by atoms with Crippen LogP contribution in [-0.2, 0) is 30.7 Å². The fourth-order valence-corrected chi connectivity index (χ4v) is 3.47. The van der Waals surface area contributed by atoms with E-state index in [1.54, 1.807) is 0 Å². The van der Waals surface area contributed by atoms with E-state index in [9.17, 15) is 4.79 Å². The first kappa shape index (κ1) is 18.9. The summed E-state index contributed by atoms with van der Waals surface area (Å²) < 4.78 is 5.91. The van der Waals surface area contributed by atoms with Crippen molar-refractivity contribution in [1.82, 2.24) is 4.98 Å². The van der Waals surface area contributed by atoms with Gasteiger partial charge < -0.3 is 9.53 Å². The molecule has 0 radical (unpaired) electrons. The second-order valence-corrected chi connectivity index (χ2v) is 7.07. The first-order valence-corrected chi connectivity index (χ1v) is 9.88. The maximum absolute atomic E-state index is 10.8. The highest BCUT2D eigenvalue weighted by Gasteiger charge is 2.04. The Hall–Kier alpha value is -3.46. The summed E-state index contributed by atoms with van der Waals surface area (Å²) in [5, 5.41) is 1.13. The molecule has 3 nitrogen and oxygen atoms in total. The molecular formula is C26H23NO2. The first-order chi connectivity index (χ1) is 14.3. The molecule has 1 aromatic heterocycles. The van der Waals surface area contributed by atoms with Gasteiger partial charge in [0.25, 0.3) is 0 Å². The standard InChI is InChI=1S/C26H23NO2/c28-18-17-22-6-2-1-5-21(22)12-9-20-10-15-25(16-11-20)29-19-24-14-13-23-7-3-4-8-26(23)27-24/h1-8,10-11,13-16,18H,9,12,17,19H2. The summed E-state index contributed by atoms with van der Waals surface area (Å²) in [5.74, 6) is 0.838. The summed E-state index contributed by atoms with van der Waals surface area (Å²) in [4.78, 5) is 15.5. The third-order valence-electron chi connectivity index (χ3n) is 5.07. The Morgan fingerprint density at radius 3 is 2.34 bits per heavy atom. The number of para-hydroxylation sites is 1. The van der Waals surface area contributed by atoms with Gasteiger partial charge in [-0.25, -0.2) is 4.98 Å². The lowest BCUT2D eigenvalue weighted by molar-refractivity contribution is -0.107. The van der Waals surface area contributed by atoms with Gasteiger partial charge >= 0.3 is 0 Å². The molecule has 0 atom stereocenters. The fourth-order valence-electron chi connectivity index (χ4n) is 3.47. The Morgan fingerprint density at radius 1 is 0.759 bits per heavy atom. The van der Waals surface area contributed by atoms with Crippen molar-refractivity contribution in [3.63, 3.8) is 0 Å². The van der Waals surface area contributed by atoms with E-state index in [-0.39, 0.29) is 0 Å². The van der Waals surface area contributed by atoms with E-state index < -0.39 is 0 Å². The van der Waals surface area contributed by atoms with Gasteiger partial charge in [0.2, 0.25) is 0 Å². The van der Waals surface area contributed by atoms with Crippen molar-refractivity contribution in [3.8, 4) is 5.75 Å². The number of carbonyl (C=O) groups excluding carboxylic acids is 1. The van der Waals surface area contributed by atoms with E-state index >= 15 is 0 Å². The number of rotatable bonds is 8. The topological polar surface area (TPSA) is 39.2 Å². The van der Waals surface area contributed by atoms with Gasteiger partial charge in [0.05, 0.1) is 11.2 Å². The highest BCUT2D eigenvalue weighted by molar-refractivity contribution is 5.78. The minimum absolute atomic E-state index is 0.448. The Bertz CT molecular complexity index is 1100. The van der Waals surface area contributed by atoms with Crippen LogP contribution in [-0.4, -0.2) is 11.3 Å². The molecule has 3 heteroatoms. The van der Waals surface area contributed by atoms with Crippen LogP contribution in [0.25, 0.3) is 10.9 Å². The molecule has 0 bridgehead atoms. The number of pyridine rings is 1. The van der Waals surface area contributed by atoms with Crippen LogP contribution in [0, 0.1) is 0 Å². The van der Waals surface area contributed by atoms with Crippen LogP contribution in [0.2, 0.25) is 0 Å². The SMILES string of the molecule is O=CCc1ccccc1CCc1ccc(OCc2ccc3ccccc3n2)cc1. The van der Waals surface area contributed by atoms with E-state index in [1.165, 1.54) is 11.1 Å². The molecule has 0 aliphatic heterocycles. The predicted molar refractivity (Wildman–Crippen MR) is 116 cm³/mol. The van der Waals surface area contributed by atoms with Crippen molar-refractivity contribution >= 4 is 17.2 Å². The lowest BCUT2D eigenvalue weighted by Crippen LogP contribution is -1.99. The number of ether oxygens (including phenoxy) is 1. The Morgan fingerprint density at radius 2 is 1.52 bits per heavy atom. The molecule has 3 aromatic carbocycles. The van der Waals surface area contributed by atoms with Crippen molar-refractivity contribution in [1.29, 1.82) is 0 Å². The van der Waals surface area contributed by atoms with Gasteiger partial charge in [-0.2, -0.15) is 0 Å².